The van der Waals surface area contributed by atoms with Crippen LogP contribution in [0, 0.1) is 12.8 Å². The summed E-state index contributed by atoms with van der Waals surface area (Å²) in [6.45, 7) is 5.59. The van der Waals surface area contributed by atoms with Crippen molar-refractivity contribution >= 4 is 23.4 Å². The first-order valence-electron chi connectivity index (χ1n) is 11.0. The van der Waals surface area contributed by atoms with E-state index in [9.17, 15) is 14.4 Å². The summed E-state index contributed by atoms with van der Waals surface area (Å²) in [5, 5.41) is 5.89. The highest BCUT2D eigenvalue weighted by Crippen LogP contribution is 2.18. The van der Waals surface area contributed by atoms with Crippen LogP contribution in [0.4, 0.5) is 5.69 Å². The van der Waals surface area contributed by atoms with Gasteiger partial charge in [0.15, 0.2) is 0 Å². The third kappa shape index (κ3) is 6.41. The van der Waals surface area contributed by atoms with Gasteiger partial charge in [-0.2, -0.15) is 0 Å². The molecule has 31 heavy (non-hydrogen) atoms. The molecule has 1 unspecified atom stereocenters. The van der Waals surface area contributed by atoms with Crippen LogP contribution >= 0.6 is 0 Å². The summed E-state index contributed by atoms with van der Waals surface area (Å²) in [6, 6.07) is 14.9. The van der Waals surface area contributed by atoms with Crippen molar-refractivity contribution in [1.82, 2.24) is 10.2 Å². The molecule has 3 amide bonds. The van der Waals surface area contributed by atoms with Gasteiger partial charge in [-0.15, -0.1) is 0 Å². The predicted molar refractivity (Wildman–Crippen MR) is 122 cm³/mol. The molecule has 0 radical (unpaired) electrons. The van der Waals surface area contributed by atoms with Crippen LogP contribution < -0.4 is 10.6 Å². The van der Waals surface area contributed by atoms with Crippen molar-refractivity contribution in [2.45, 2.75) is 46.1 Å². The summed E-state index contributed by atoms with van der Waals surface area (Å²) >= 11 is 0. The van der Waals surface area contributed by atoms with Crippen LogP contribution in [0.15, 0.2) is 48.5 Å². The number of nitrogens with zero attached hydrogens (tertiary/aromatic N) is 1. The molecular formula is C25H31N3O3. The van der Waals surface area contributed by atoms with Crippen molar-refractivity contribution in [2.24, 2.45) is 5.92 Å². The van der Waals surface area contributed by atoms with Crippen molar-refractivity contribution < 1.29 is 14.4 Å². The molecule has 2 aromatic carbocycles. The third-order valence-electron chi connectivity index (χ3n) is 5.57. The van der Waals surface area contributed by atoms with Crippen LogP contribution in [-0.2, 0) is 16.1 Å². The van der Waals surface area contributed by atoms with Gasteiger partial charge in [-0.25, -0.2) is 0 Å². The second kappa shape index (κ2) is 10.8. The quantitative estimate of drug-likeness (QED) is 0.712. The largest absolute Gasteiger partial charge is 0.352 e. The zero-order valence-corrected chi connectivity index (χ0v) is 18.3. The summed E-state index contributed by atoms with van der Waals surface area (Å²) in [5.41, 5.74) is 3.30. The minimum Gasteiger partial charge on any atom is -0.352 e. The number of nitrogens with one attached hydrogen (secondary N) is 2. The molecule has 0 spiro atoms. The lowest BCUT2D eigenvalue weighted by Gasteiger charge is -2.32. The van der Waals surface area contributed by atoms with Gasteiger partial charge in [0, 0.05) is 37.3 Å². The van der Waals surface area contributed by atoms with Gasteiger partial charge in [0.1, 0.15) is 0 Å². The Labute approximate surface area is 184 Å². The lowest BCUT2D eigenvalue weighted by atomic mass is 9.96. The third-order valence-corrected chi connectivity index (χ3v) is 5.57. The molecule has 1 saturated heterocycles. The van der Waals surface area contributed by atoms with Crippen molar-refractivity contribution in [3.8, 4) is 0 Å². The van der Waals surface area contributed by atoms with Gasteiger partial charge in [-0.1, -0.05) is 36.8 Å². The van der Waals surface area contributed by atoms with E-state index in [1.54, 1.807) is 12.1 Å². The number of likely N-dealkylation sites (tertiary alicyclic amines) is 1. The lowest BCUT2D eigenvalue weighted by molar-refractivity contribution is -0.135. The van der Waals surface area contributed by atoms with E-state index in [1.807, 2.05) is 55.1 Å². The number of carbonyl (C=O) groups excluding carboxylic acids is 3. The molecule has 2 aromatic rings. The van der Waals surface area contributed by atoms with Gasteiger partial charge in [0.25, 0.3) is 5.91 Å². The first-order chi connectivity index (χ1) is 15.0. The van der Waals surface area contributed by atoms with Crippen LogP contribution in [0.2, 0.25) is 0 Å². The molecule has 1 aliphatic rings. The van der Waals surface area contributed by atoms with E-state index in [0.717, 1.165) is 36.9 Å². The van der Waals surface area contributed by atoms with Gasteiger partial charge in [-0.05, 0) is 56.0 Å². The molecule has 1 atom stereocenters. The fraction of sp³-hybridized carbons (Fsp3) is 0.400. The van der Waals surface area contributed by atoms with Crippen molar-refractivity contribution in [1.29, 1.82) is 0 Å². The molecule has 0 aliphatic carbocycles. The Hall–Kier alpha value is -3.15. The highest BCUT2D eigenvalue weighted by Gasteiger charge is 2.27. The number of hydrogen-bond acceptors (Lipinski definition) is 3. The number of rotatable bonds is 7. The summed E-state index contributed by atoms with van der Waals surface area (Å²) < 4.78 is 0. The van der Waals surface area contributed by atoms with E-state index in [-0.39, 0.29) is 23.6 Å². The monoisotopic (exact) mass is 421 g/mol. The lowest BCUT2D eigenvalue weighted by Crippen LogP contribution is -2.45. The number of aryl methyl sites for hydroxylation is 1. The number of amides is 3. The van der Waals surface area contributed by atoms with Crippen LogP contribution in [0.5, 0.6) is 0 Å². The highest BCUT2D eigenvalue weighted by molar-refractivity contribution is 6.04. The molecule has 0 aromatic heterocycles. The van der Waals surface area contributed by atoms with Crippen molar-refractivity contribution in [3.05, 3.63) is 65.2 Å². The van der Waals surface area contributed by atoms with Crippen molar-refractivity contribution in [3.63, 3.8) is 0 Å². The summed E-state index contributed by atoms with van der Waals surface area (Å²) in [5.74, 6) is -0.223. The SMILES string of the molecule is CCCC(=O)N1CCCC(C(=O)NCc2cccc(NC(=O)c3ccc(C)cc3)c2)C1. The van der Waals surface area contributed by atoms with Crippen LogP contribution in [0.1, 0.15) is 54.1 Å². The molecule has 1 aliphatic heterocycles. The van der Waals surface area contributed by atoms with Crippen molar-refractivity contribution in [2.75, 3.05) is 18.4 Å². The second-order valence-corrected chi connectivity index (χ2v) is 8.17. The Morgan fingerprint density at radius 3 is 2.61 bits per heavy atom. The van der Waals surface area contributed by atoms with Gasteiger partial charge in [0.05, 0.1) is 5.92 Å². The number of anilines is 1. The molecule has 3 rings (SSSR count). The molecule has 0 bridgehead atoms. The average Bonchev–Trinajstić information content (AvgIpc) is 2.78. The van der Waals surface area contributed by atoms with E-state index in [1.165, 1.54) is 0 Å². The highest BCUT2D eigenvalue weighted by atomic mass is 16.2. The fourth-order valence-corrected chi connectivity index (χ4v) is 3.79. The molecule has 6 heteroatoms. The molecular weight excluding hydrogens is 390 g/mol. The van der Waals surface area contributed by atoms with Crippen LogP contribution in [0.25, 0.3) is 0 Å². The van der Waals surface area contributed by atoms with E-state index in [0.29, 0.717) is 30.8 Å². The standard InChI is InChI=1S/C25H31N3O3/c1-3-6-23(29)28-14-5-8-21(17-28)24(30)26-16-19-7-4-9-22(15-19)27-25(31)20-12-10-18(2)11-13-20/h4,7,9-13,15,21H,3,5-6,8,14,16-17H2,1-2H3,(H,26,30)(H,27,31). The Balaban J connectivity index is 1.53. The predicted octanol–water partition coefficient (Wildman–Crippen LogP) is 3.90. The Kier molecular flexibility index (Phi) is 7.82. The van der Waals surface area contributed by atoms with Crippen LogP contribution in [-0.4, -0.2) is 35.7 Å². The van der Waals surface area contributed by atoms with Gasteiger partial charge >= 0.3 is 0 Å². The minimum absolute atomic E-state index is 0.0249. The van der Waals surface area contributed by atoms with Gasteiger partial charge in [0.2, 0.25) is 11.8 Å². The summed E-state index contributed by atoms with van der Waals surface area (Å²) in [7, 11) is 0. The Morgan fingerprint density at radius 2 is 1.87 bits per heavy atom. The van der Waals surface area contributed by atoms with E-state index < -0.39 is 0 Å². The molecule has 1 heterocycles. The van der Waals surface area contributed by atoms with E-state index in [2.05, 4.69) is 10.6 Å². The zero-order valence-electron chi connectivity index (χ0n) is 18.3. The maximum absolute atomic E-state index is 12.7. The molecule has 6 nitrogen and oxygen atoms in total. The smallest absolute Gasteiger partial charge is 0.255 e. The maximum atomic E-state index is 12.7. The number of piperidine rings is 1. The summed E-state index contributed by atoms with van der Waals surface area (Å²) in [4.78, 5) is 39.1. The van der Waals surface area contributed by atoms with E-state index >= 15 is 0 Å². The zero-order chi connectivity index (χ0) is 22.2. The topological polar surface area (TPSA) is 78.5 Å². The van der Waals surface area contributed by atoms with Gasteiger partial charge in [-0.3, -0.25) is 14.4 Å². The maximum Gasteiger partial charge on any atom is 0.255 e. The number of carbonyl (C=O) groups is 3. The minimum atomic E-state index is -0.168. The normalized spacial score (nSPS) is 15.9. The molecule has 2 N–H and O–H groups in total. The number of benzene rings is 2. The van der Waals surface area contributed by atoms with E-state index in [4.69, 9.17) is 0 Å². The van der Waals surface area contributed by atoms with Crippen LogP contribution in [0.3, 0.4) is 0 Å². The first-order valence-corrected chi connectivity index (χ1v) is 11.0. The molecule has 1 fully saturated rings. The molecule has 164 valence electrons. The van der Waals surface area contributed by atoms with Gasteiger partial charge < -0.3 is 15.5 Å². The Morgan fingerprint density at radius 1 is 1.10 bits per heavy atom. The molecule has 0 saturated carbocycles. The second-order valence-electron chi connectivity index (χ2n) is 8.17. The number of hydrogen-bond donors (Lipinski definition) is 2. The average molecular weight is 422 g/mol. The summed E-state index contributed by atoms with van der Waals surface area (Å²) in [6.07, 6.45) is 3.01. The first kappa shape index (κ1) is 22.5. The Bertz CT molecular complexity index is 924. The fourth-order valence-electron chi connectivity index (χ4n) is 3.79.